The lowest BCUT2D eigenvalue weighted by molar-refractivity contribution is 0.0755. The number of aromatic amines is 1. The maximum absolute atomic E-state index is 14.1. The number of aromatic nitrogens is 2. The van der Waals surface area contributed by atoms with E-state index in [1.807, 2.05) is 32.0 Å². The van der Waals surface area contributed by atoms with Gasteiger partial charge in [0.25, 0.3) is 11.8 Å². The van der Waals surface area contributed by atoms with Crippen molar-refractivity contribution in [3.05, 3.63) is 113 Å². The van der Waals surface area contributed by atoms with Gasteiger partial charge in [0.05, 0.1) is 12.1 Å². The van der Waals surface area contributed by atoms with Crippen molar-refractivity contribution in [1.82, 2.24) is 25.5 Å². The van der Waals surface area contributed by atoms with Crippen molar-refractivity contribution >= 4 is 11.8 Å². The van der Waals surface area contributed by atoms with E-state index in [4.69, 9.17) is 0 Å². The van der Waals surface area contributed by atoms with Gasteiger partial charge < -0.3 is 25.6 Å². The lowest BCUT2D eigenvalue weighted by Gasteiger charge is -2.25. The van der Waals surface area contributed by atoms with Crippen LogP contribution in [0.5, 0.6) is 0 Å². The van der Waals surface area contributed by atoms with Crippen molar-refractivity contribution in [3.63, 3.8) is 0 Å². The third kappa shape index (κ3) is 9.55. The summed E-state index contributed by atoms with van der Waals surface area (Å²) in [6, 6.07) is 15.2. The Hall–Kier alpha value is -4.41. The van der Waals surface area contributed by atoms with Crippen LogP contribution in [0.1, 0.15) is 71.0 Å². The number of benzene rings is 3. The van der Waals surface area contributed by atoms with E-state index in [9.17, 15) is 23.5 Å². The molecule has 244 valence electrons. The molecule has 2 amide bonds. The molecule has 4 aromatic rings. The zero-order chi connectivity index (χ0) is 33.1. The number of imidazole rings is 1. The molecule has 0 saturated carbocycles. The smallest absolute Gasteiger partial charge is 0.253 e. The highest BCUT2D eigenvalue weighted by molar-refractivity contribution is 6.01. The van der Waals surface area contributed by atoms with Crippen LogP contribution < -0.4 is 10.6 Å². The maximum Gasteiger partial charge on any atom is 0.253 e. The van der Waals surface area contributed by atoms with Gasteiger partial charge in [-0.05, 0) is 72.7 Å². The van der Waals surface area contributed by atoms with Gasteiger partial charge in [-0.25, -0.2) is 13.8 Å². The standard InChI is InChI=1S/C36H43F2N5O3/c1-4-12-43(13-5-2)36(46)29-19-27(34-40-10-11-41-34)18-28(20-29)35(45)42-32(17-26-15-30(37)21-31(38)16-26)33(44)23-39-22-25-9-7-8-24(6-3)14-25/h7-11,14-16,18-21,32-33,39,44H,4-6,12-13,17,22-23H2,1-3H3,(H,40,41)(H,42,45)/t32-,33+/m0/s1. The van der Waals surface area contributed by atoms with E-state index in [1.165, 1.54) is 23.8 Å². The van der Waals surface area contributed by atoms with Gasteiger partial charge in [0.1, 0.15) is 17.5 Å². The van der Waals surface area contributed by atoms with Crippen molar-refractivity contribution in [2.24, 2.45) is 0 Å². The highest BCUT2D eigenvalue weighted by Crippen LogP contribution is 2.22. The minimum atomic E-state index is -1.11. The zero-order valence-corrected chi connectivity index (χ0v) is 26.7. The van der Waals surface area contributed by atoms with Crippen LogP contribution in [0.25, 0.3) is 11.4 Å². The fourth-order valence-electron chi connectivity index (χ4n) is 5.46. The number of aliphatic hydroxyl groups excluding tert-OH is 1. The van der Waals surface area contributed by atoms with Gasteiger partial charge in [0, 0.05) is 61.3 Å². The number of hydrogen-bond acceptors (Lipinski definition) is 5. The van der Waals surface area contributed by atoms with Crippen LogP contribution in [-0.4, -0.2) is 63.6 Å². The van der Waals surface area contributed by atoms with Gasteiger partial charge in [-0.15, -0.1) is 0 Å². The van der Waals surface area contributed by atoms with E-state index < -0.39 is 29.7 Å². The molecule has 0 aliphatic carbocycles. The first-order valence-corrected chi connectivity index (χ1v) is 15.9. The molecule has 0 saturated heterocycles. The Kier molecular flexibility index (Phi) is 12.6. The number of rotatable bonds is 16. The quantitative estimate of drug-likeness (QED) is 0.127. The number of halogens is 2. The van der Waals surface area contributed by atoms with Crippen molar-refractivity contribution in [2.45, 2.75) is 65.1 Å². The first-order chi connectivity index (χ1) is 22.2. The number of carbonyl (C=O) groups excluding carboxylic acids is 2. The minimum absolute atomic E-state index is 0.0287. The number of hydrogen-bond donors (Lipinski definition) is 4. The predicted octanol–water partition coefficient (Wildman–Crippen LogP) is 5.67. The normalized spacial score (nSPS) is 12.5. The van der Waals surface area contributed by atoms with Gasteiger partial charge in [0.15, 0.2) is 0 Å². The van der Waals surface area contributed by atoms with Gasteiger partial charge in [-0.2, -0.15) is 0 Å². The molecule has 0 spiro atoms. The van der Waals surface area contributed by atoms with Crippen LogP contribution in [0, 0.1) is 11.6 Å². The Bertz CT molecular complexity index is 1570. The van der Waals surface area contributed by atoms with Crippen molar-refractivity contribution in [3.8, 4) is 11.4 Å². The molecule has 0 aliphatic rings. The van der Waals surface area contributed by atoms with Gasteiger partial charge >= 0.3 is 0 Å². The van der Waals surface area contributed by atoms with Crippen molar-refractivity contribution in [1.29, 1.82) is 0 Å². The second kappa shape index (κ2) is 16.8. The highest BCUT2D eigenvalue weighted by Gasteiger charge is 2.25. The number of aliphatic hydroxyl groups is 1. The lowest BCUT2D eigenvalue weighted by atomic mass is 9.99. The Morgan fingerprint density at radius 1 is 0.913 bits per heavy atom. The molecule has 1 heterocycles. The monoisotopic (exact) mass is 631 g/mol. The fraction of sp³-hybridized carbons (Fsp3) is 0.361. The minimum Gasteiger partial charge on any atom is -0.390 e. The fourth-order valence-corrected chi connectivity index (χ4v) is 5.46. The Balaban J connectivity index is 1.60. The van der Waals surface area contributed by atoms with Crippen molar-refractivity contribution < 1.29 is 23.5 Å². The molecule has 3 aromatic carbocycles. The van der Waals surface area contributed by atoms with Gasteiger partial charge in [-0.3, -0.25) is 9.59 Å². The molecule has 4 rings (SSSR count). The van der Waals surface area contributed by atoms with Crippen LogP contribution in [-0.2, 0) is 19.4 Å². The van der Waals surface area contributed by atoms with E-state index in [0.29, 0.717) is 36.6 Å². The van der Waals surface area contributed by atoms with Crippen LogP contribution in [0.3, 0.4) is 0 Å². The second-order valence-corrected chi connectivity index (χ2v) is 11.5. The molecule has 2 atom stereocenters. The molecule has 0 radical (unpaired) electrons. The summed E-state index contributed by atoms with van der Waals surface area (Å²) in [7, 11) is 0. The molecule has 10 heteroatoms. The largest absolute Gasteiger partial charge is 0.390 e. The van der Waals surface area contributed by atoms with E-state index >= 15 is 0 Å². The summed E-state index contributed by atoms with van der Waals surface area (Å²) < 4.78 is 28.2. The summed E-state index contributed by atoms with van der Waals surface area (Å²) in [6.45, 7) is 7.83. The maximum atomic E-state index is 14.1. The van der Waals surface area contributed by atoms with Crippen LogP contribution in [0.15, 0.2) is 73.1 Å². The Morgan fingerprint density at radius 2 is 1.61 bits per heavy atom. The average molecular weight is 632 g/mol. The van der Waals surface area contributed by atoms with E-state index in [2.05, 4.69) is 33.6 Å². The van der Waals surface area contributed by atoms with Gasteiger partial charge in [0.2, 0.25) is 0 Å². The summed E-state index contributed by atoms with van der Waals surface area (Å²) in [4.78, 5) is 36.5. The van der Waals surface area contributed by atoms with Gasteiger partial charge in [-0.1, -0.05) is 45.0 Å². The molecule has 0 fully saturated rings. The first-order valence-electron chi connectivity index (χ1n) is 15.9. The molecule has 4 N–H and O–H groups in total. The predicted molar refractivity (Wildman–Crippen MR) is 175 cm³/mol. The topological polar surface area (TPSA) is 110 Å². The number of carbonyl (C=O) groups is 2. The molecular formula is C36H43F2N5O3. The summed E-state index contributed by atoms with van der Waals surface area (Å²) in [5.41, 5.74) is 3.60. The van der Waals surface area contributed by atoms with Crippen molar-refractivity contribution in [2.75, 3.05) is 19.6 Å². The Labute approximate surface area is 269 Å². The summed E-state index contributed by atoms with van der Waals surface area (Å²) >= 11 is 0. The summed E-state index contributed by atoms with van der Waals surface area (Å²) in [5, 5.41) is 17.4. The number of H-pyrrole nitrogens is 1. The number of nitrogens with zero attached hydrogens (tertiary/aromatic N) is 2. The lowest BCUT2D eigenvalue weighted by Crippen LogP contribution is -2.48. The summed E-state index contributed by atoms with van der Waals surface area (Å²) in [5.74, 6) is -1.75. The molecule has 0 aliphatic heterocycles. The van der Waals surface area contributed by atoms with E-state index in [0.717, 1.165) is 30.9 Å². The third-order valence-electron chi connectivity index (χ3n) is 7.73. The SMILES string of the molecule is CCCN(CCC)C(=O)c1cc(C(=O)N[C@@H](Cc2cc(F)cc(F)c2)[C@H](O)CNCc2cccc(CC)c2)cc(-c2ncc[nH]2)c1. The Morgan fingerprint density at radius 3 is 2.26 bits per heavy atom. The molecule has 1 aromatic heterocycles. The molecule has 46 heavy (non-hydrogen) atoms. The van der Waals surface area contributed by atoms with Crippen LogP contribution in [0.4, 0.5) is 8.78 Å². The summed E-state index contributed by atoms with van der Waals surface area (Å²) in [6.07, 6.45) is 4.57. The number of aryl methyl sites for hydroxylation is 1. The highest BCUT2D eigenvalue weighted by atomic mass is 19.1. The molecular weight excluding hydrogens is 588 g/mol. The zero-order valence-electron chi connectivity index (χ0n) is 26.7. The molecule has 0 bridgehead atoms. The number of nitrogens with one attached hydrogen (secondary N) is 3. The van der Waals surface area contributed by atoms with E-state index in [-0.39, 0.29) is 30.0 Å². The average Bonchev–Trinajstić information content (AvgIpc) is 3.59. The van der Waals surface area contributed by atoms with Crippen LogP contribution >= 0.6 is 0 Å². The van der Waals surface area contributed by atoms with E-state index in [1.54, 1.807) is 29.4 Å². The first kappa shape index (κ1) is 34.5. The third-order valence-corrected chi connectivity index (χ3v) is 7.73. The second-order valence-electron chi connectivity index (χ2n) is 11.5. The van der Waals surface area contributed by atoms with Crippen LogP contribution in [0.2, 0.25) is 0 Å². The number of amides is 2. The molecule has 0 unspecified atom stereocenters. The molecule has 8 nitrogen and oxygen atoms in total.